The standard InChI is InChI=1S/C20H34O4.C3H3NS.CH5N/c1-13(21)24-12-16-11-17(22)7-9-19(16,2)15-6-8-20(3)14(10-15)4-5-18(20)23;1-2-5-3-4-1;1-2/h14-18,22-23H,4-12H2,1-3H3;1-3H;2H2,1H3. The maximum atomic E-state index is 11.3. The van der Waals surface area contributed by atoms with Gasteiger partial charge in [0, 0.05) is 24.4 Å². The van der Waals surface area contributed by atoms with Gasteiger partial charge in [-0.15, -0.1) is 11.3 Å². The van der Waals surface area contributed by atoms with Crippen molar-refractivity contribution in [1.29, 1.82) is 0 Å². The summed E-state index contributed by atoms with van der Waals surface area (Å²) >= 11 is 1.60. The predicted molar refractivity (Wildman–Crippen MR) is 124 cm³/mol. The second-order valence-corrected chi connectivity index (χ2v) is 10.6. The van der Waals surface area contributed by atoms with Gasteiger partial charge in [0.15, 0.2) is 0 Å². The van der Waals surface area contributed by atoms with Crippen LogP contribution in [0.15, 0.2) is 17.1 Å². The SMILES string of the molecule is CC(=O)OCC1CC(O)CCC1(C)C1CCC2(C)C(O)CCC2C1.CN.c1cscn1. The Hall–Kier alpha value is -1.02. The van der Waals surface area contributed by atoms with Crippen LogP contribution < -0.4 is 5.73 Å². The number of esters is 1. The molecule has 4 N–H and O–H groups in total. The fourth-order valence-corrected chi connectivity index (χ4v) is 6.53. The van der Waals surface area contributed by atoms with Gasteiger partial charge in [0.05, 0.1) is 24.3 Å². The quantitative estimate of drug-likeness (QED) is 0.596. The number of ether oxygens (including phenoxy) is 1. The van der Waals surface area contributed by atoms with E-state index >= 15 is 0 Å². The van der Waals surface area contributed by atoms with Crippen molar-refractivity contribution in [2.45, 2.75) is 84.3 Å². The van der Waals surface area contributed by atoms with Gasteiger partial charge in [0.25, 0.3) is 0 Å². The van der Waals surface area contributed by atoms with Gasteiger partial charge in [-0.2, -0.15) is 0 Å². The monoisotopic (exact) mass is 454 g/mol. The molecule has 3 aliphatic rings. The number of hydrogen-bond donors (Lipinski definition) is 3. The van der Waals surface area contributed by atoms with Crippen LogP contribution in [-0.4, -0.2) is 47.0 Å². The number of aromatic nitrogens is 1. The van der Waals surface area contributed by atoms with Gasteiger partial charge >= 0.3 is 5.97 Å². The molecule has 0 radical (unpaired) electrons. The Morgan fingerprint density at radius 3 is 2.35 bits per heavy atom. The Kier molecular flexibility index (Phi) is 9.93. The molecule has 3 aliphatic carbocycles. The van der Waals surface area contributed by atoms with E-state index in [4.69, 9.17) is 4.74 Å². The molecule has 0 saturated heterocycles. The number of thiazole rings is 1. The van der Waals surface area contributed by atoms with Crippen LogP contribution in [0.5, 0.6) is 0 Å². The van der Waals surface area contributed by atoms with E-state index in [-0.39, 0.29) is 34.9 Å². The van der Waals surface area contributed by atoms with Crippen LogP contribution >= 0.6 is 11.3 Å². The van der Waals surface area contributed by atoms with Crippen LogP contribution in [0.4, 0.5) is 0 Å². The number of aliphatic hydroxyl groups is 2. The first kappa shape index (κ1) is 26.2. The average Bonchev–Trinajstić information content (AvgIpc) is 3.43. The van der Waals surface area contributed by atoms with Gasteiger partial charge in [0.2, 0.25) is 0 Å². The lowest BCUT2D eigenvalue weighted by Crippen LogP contribution is -2.48. The van der Waals surface area contributed by atoms with E-state index in [1.165, 1.54) is 20.4 Å². The Bertz CT molecular complexity index is 641. The van der Waals surface area contributed by atoms with Gasteiger partial charge in [-0.05, 0) is 81.1 Å². The first-order valence-corrected chi connectivity index (χ1v) is 12.6. The highest BCUT2D eigenvalue weighted by Crippen LogP contribution is 2.59. The molecule has 7 unspecified atom stereocenters. The summed E-state index contributed by atoms with van der Waals surface area (Å²) in [6.45, 7) is 6.52. The van der Waals surface area contributed by atoms with Crippen molar-refractivity contribution < 1.29 is 19.7 Å². The number of nitrogens with zero attached hydrogens (tertiary/aromatic N) is 1. The molecule has 178 valence electrons. The number of hydrogen-bond acceptors (Lipinski definition) is 7. The number of rotatable bonds is 3. The molecule has 0 aliphatic heterocycles. The summed E-state index contributed by atoms with van der Waals surface area (Å²) in [5.41, 5.74) is 6.52. The van der Waals surface area contributed by atoms with Crippen LogP contribution in [0.3, 0.4) is 0 Å². The molecule has 7 heteroatoms. The van der Waals surface area contributed by atoms with E-state index in [0.717, 1.165) is 44.9 Å². The van der Waals surface area contributed by atoms with Crippen molar-refractivity contribution in [3.05, 3.63) is 17.1 Å². The minimum Gasteiger partial charge on any atom is -0.466 e. The molecule has 0 amide bonds. The van der Waals surface area contributed by atoms with Crippen molar-refractivity contribution in [3.63, 3.8) is 0 Å². The van der Waals surface area contributed by atoms with Gasteiger partial charge in [-0.3, -0.25) is 9.78 Å². The smallest absolute Gasteiger partial charge is 0.302 e. The molecule has 0 spiro atoms. The lowest BCUT2D eigenvalue weighted by atomic mass is 9.53. The second-order valence-electron chi connectivity index (χ2n) is 9.88. The summed E-state index contributed by atoms with van der Waals surface area (Å²) in [7, 11) is 1.50. The zero-order chi connectivity index (χ0) is 23.1. The summed E-state index contributed by atoms with van der Waals surface area (Å²) < 4.78 is 5.35. The summed E-state index contributed by atoms with van der Waals surface area (Å²) in [6, 6.07) is 0. The summed E-state index contributed by atoms with van der Waals surface area (Å²) in [6.07, 6.45) is 9.48. The maximum absolute atomic E-state index is 11.3. The molecule has 3 saturated carbocycles. The topological polar surface area (TPSA) is 106 Å². The molecule has 1 aromatic rings. The lowest BCUT2D eigenvalue weighted by molar-refractivity contribution is -0.148. The van der Waals surface area contributed by atoms with E-state index in [1.54, 1.807) is 23.0 Å². The molecule has 1 heterocycles. The van der Waals surface area contributed by atoms with E-state index in [2.05, 4.69) is 24.6 Å². The minimum atomic E-state index is -0.263. The van der Waals surface area contributed by atoms with Crippen molar-refractivity contribution in [1.82, 2.24) is 4.98 Å². The number of carbonyl (C=O) groups excluding carboxylic acids is 1. The van der Waals surface area contributed by atoms with Crippen molar-refractivity contribution in [2.24, 2.45) is 34.3 Å². The molecule has 31 heavy (non-hydrogen) atoms. The normalized spacial score (nSPS) is 39.3. The van der Waals surface area contributed by atoms with Crippen LogP contribution in [0.1, 0.15) is 72.1 Å². The molecular weight excluding hydrogens is 412 g/mol. The highest BCUT2D eigenvalue weighted by Gasteiger charge is 2.54. The highest BCUT2D eigenvalue weighted by atomic mass is 32.1. The minimum absolute atomic E-state index is 0.104. The zero-order valence-electron chi connectivity index (χ0n) is 19.6. The molecule has 0 aromatic carbocycles. The molecular formula is C24H42N2O4S. The van der Waals surface area contributed by atoms with Gasteiger partial charge < -0.3 is 20.7 Å². The third-order valence-electron chi connectivity index (χ3n) is 8.36. The van der Waals surface area contributed by atoms with Crippen molar-refractivity contribution in [3.8, 4) is 0 Å². The zero-order valence-corrected chi connectivity index (χ0v) is 20.4. The first-order chi connectivity index (χ1) is 14.8. The van der Waals surface area contributed by atoms with Crippen LogP contribution in [-0.2, 0) is 9.53 Å². The van der Waals surface area contributed by atoms with Gasteiger partial charge in [-0.25, -0.2) is 0 Å². The van der Waals surface area contributed by atoms with Gasteiger partial charge in [-0.1, -0.05) is 13.8 Å². The molecule has 6 nitrogen and oxygen atoms in total. The molecule has 7 atom stereocenters. The summed E-state index contributed by atoms with van der Waals surface area (Å²) in [5.74, 6) is 1.23. The van der Waals surface area contributed by atoms with E-state index in [9.17, 15) is 15.0 Å². The van der Waals surface area contributed by atoms with Crippen molar-refractivity contribution >= 4 is 17.3 Å². The molecule has 3 fully saturated rings. The second kappa shape index (κ2) is 11.7. The Morgan fingerprint density at radius 2 is 1.77 bits per heavy atom. The fraction of sp³-hybridized carbons (Fsp3) is 0.833. The maximum Gasteiger partial charge on any atom is 0.302 e. The largest absolute Gasteiger partial charge is 0.466 e. The number of carbonyl (C=O) groups is 1. The fourth-order valence-electron chi connectivity index (χ4n) is 6.18. The molecule has 0 bridgehead atoms. The van der Waals surface area contributed by atoms with Crippen molar-refractivity contribution in [2.75, 3.05) is 13.7 Å². The third-order valence-corrected chi connectivity index (χ3v) is 8.88. The number of aliphatic hydroxyl groups excluding tert-OH is 2. The Morgan fingerprint density at radius 1 is 1.10 bits per heavy atom. The van der Waals surface area contributed by atoms with E-state index in [1.807, 2.05) is 5.38 Å². The lowest BCUT2D eigenvalue weighted by Gasteiger charge is -2.53. The molecule has 1 aromatic heterocycles. The first-order valence-electron chi connectivity index (χ1n) is 11.6. The number of fused-ring (bicyclic) bond motifs is 1. The average molecular weight is 455 g/mol. The van der Waals surface area contributed by atoms with Crippen LogP contribution in [0.25, 0.3) is 0 Å². The summed E-state index contributed by atoms with van der Waals surface area (Å²) in [4.78, 5) is 15.0. The van der Waals surface area contributed by atoms with Crippen LogP contribution in [0.2, 0.25) is 0 Å². The molecule has 4 rings (SSSR count). The van der Waals surface area contributed by atoms with Crippen LogP contribution in [0, 0.1) is 28.6 Å². The number of nitrogens with two attached hydrogens (primary N) is 1. The van der Waals surface area contributed by atoms with E-state index < -0.39 is 0 Å². The summed E-state index contributed by atoms with van der Waals surface area (Å²) in [5, 5.41) is 22.4. The Labute approximate surface area is 191 Å². The highest BCUT2D eigenvalue weighted by molar-refractivity contribution is 7.07. The third kappa shape index (κ3) is 6.28. The Balaban J connectivity index is 0.000000420. The van der Waals surface area contributed by atoms with E-state index in [0.29, 0.717) is 18.4 Å². The predicted octanol–water partition coefficient (Wildman–Crippen LogP) is 4.01. The van der Waals surface area contributed by atoms with Gasteiger partial charge in [0.1, 0.15) is 0 Å².